The molecule has 0 spiro atoms. The van der Waals surface area contributed by atoms with Gasteiger partial charge >= 0.3 is 0 Å². The van der Waals surface area contributed by atoms with Gasteiger partial charge in [-0.3, -0.25) is 0 Å². The molecule has 1 aromatic heterocycles. The third kappa shape index (κ3) is 2.54. The van der Waals surface area contributed by atoms with Gasteiger partial charge in [-0.25, -0.2) is 0 Å². The van der Waals surface area contributed by atoms with E-state index < -0.39 is 0 Å². The number of aromatic amines is 1. The summed E-state index contributed by atoms with van der Waals surface area (Å²) in [7, 11) is 0. The number of nitrogens with one attached hydrogen (secondary N) is 1. The van der Waals surface area contributed by atoms with E-state index in [1.165, 1.54) is 17.0 Å². The zero-order valence-corrected chi connectivity index (χ0v) is 10.0. The van der Waals surface area contributed by atoms with Crippen LogP contribution in [0.15, 0.2) is 42.5 Å². The van der Waals surface area contributed by atoms with Crippen molar-refractivity contribution >= 4 is 0 Å². The lowest BCUT2D eigenvalue weighted by Crippen LogP contribution is -1.98. The lowest BCUT2D eigenvalue weighted by Gasteiger charge is -2.10. The van der Waals surface area contributed by atoms with Crippen LogP contribution in [0.25, 0.3) is 0 Å². The van der Waals surface area contributed by atoms with E-state index in [1.807, 2.05) is 0 Å². The Hall–Kier alpha value is -1.50. The molecule has 16 heavy (non-hydrogen) atoms. The van der Waals surface area contributed by atoms with E-state index in [2.05, 4.69) is 61.3 Å². The first-order chi connectivity index (χ1) is 7.79. The minimum Gasteiger partial charge on any atom is -0.362 e. The molecule has 2 aromatic rings. The molecule has 1 nitrogen and oxygen atoms in total. The van der Waals surface area contributed by atoms with Crippen LogP contribution in [0, 0.1) is 0 Å². The van der Waals surface area contributed by atoms with Gasteiger partial charge in [-0.1, -0.05) is 44.2 Å². The monoisotopic (exact) mass is 213 g/mol. The largest absolute Gasteiger partial charge is 0.362 e. The fourth-order valence-corrected chi connectivity index (χ4v) is 2.05. The van der Waals surface area contributed by atoms with Gasteiger partial charge in [0.1, 0.15) is 0 Å². The number of aromatic nitrogens is 1. The Morgan fingerprint density at radius 2 is 1.69 bits per heavy atom. The molecule has 84 valence electrons. The Balaban J connectivity index is 2.05. The number of H-pyrrole nitrogens is 1. The van der Waals surface area contributed by atoms with E-state index in [-0.39, 0.29) is 0 Å². The van der Waals surface area contributed by atoms with Crippen LogP contribution in [0.2, 0.25) is 0 Å². The second-order valence-corrected chi connectivity index (χ2v) is 4.38. The van der Waals surface area contributed by atoms with Crippen molar-refractivity contribution in [1.82, 2.24) is 4.98 Å². The van der Waals surface area contributed by atoms with Crippen molar-refractivity contribution in [3.05, 3.63) is 59.4 Å². The molecule has 1 heterocycles. The number of benzene rings is 1. The van der Waals surface area contributed by atoms with Crippen LogP contribution in [-0.4, -0.2) is 4.98 Å². The van der Waals surface area contributed by atoms with Crippen LogP contribution < -0.4 is 0 Å². The molecule has 1 unspecified atom stereocenters. The summed E-state index contributed by atoms with van der Waals surface area (Å²) in [6, 6.07) is 15.1. The Kier molecular flexibility index (Phi) is 3.45. The molecule has 0 aliphatic carbocycles. The summed E-state index contributed by atoms with van der Waals surface area (Å²) >= 11 is 0. The molecule has 0 aliphatic rings. The van der Waals surface area contributed by atoms with Crippen molar-refractivity contribution in [2.24, 2.45) is 0 Å². The summed E-state index contributed by atoms with van der Waals surface area (Å²) < 4.78 is 0. The smallest absolute Gasteiger partial charge is 0.0155 e. The van der Waals surface area contributed by atoms with Gasteiger partial charge in [0.25, 0.3) is 0 Å². The highest BCUT2D eigenvalue weighted by Gasteiger charge is 2.07. The summed E-state index contributed by atoms with van der Waals surface area (Å²) in [6.07, 6.45) is 2.17. The quantitative estimate of drug-likeness (QED) is 0.792. The fourth-order valence-electron chi connectivity index (χ4n) is 2.05. The minimum atomic E-state index is 0.574. The maximum atomic E-state index is 3.46. The van der Waals surface area contributed by atoms with Gasteiger partial charge in [-0.15, -0.1) is 0 Å². The van der Waals surface area contributed by atoms with Crippen molar-refractivity contribution in [1.29, 1.82) is 0 Å². The third-order valence-corrected chi connectivity index (χ3v) is 3.08. The van der Waals surface area contributed by atoms with Crippen LogP contribution in [-0.2, 0) is 12.8 Å². The lowest BCUT2D eigenvalue weighted by molar-refractivity contribution is 0.742. The van der Waals surface area contributed by atoms with Crippen LogP contribution in [0.5, 0.6) is 0 Å². The molecule has 2 rings (SSSR count). The van der Waals surface area contributed by atoms with Gasteiger partial charge in [0.15, 0.2) is 0 Å². The van der Waals surface area contributed by atoms with Gasteiger partial charge in [-0.05, 0) is 36.5 Å². The maximum absolute atomic E-state index is 3.46. The number of rotatable bonds is 4. The Labute approximate surface area is 97.5 Å². The van der Waals surface area contributed by atoms with Crippen molar-refractivity contribution in [3.63, 3.8) is 0 Å². The van der Waals surface area contributed by atoms with Gasteiger partial charge in [-0.2, -0.15) is 0 Å². The molecular formula is C15H19N. The summed E-state index contributed by atoms with van der Waals surface area (Å²) in [4.78, 5) is 3.46. The lowest BCUT2D eigenvalue weighted by atomic mass is 9.96. The molecule has 0 radical (unpaired) electrons. The second-order valence-electron chi connectivity index (χ2n) is 4.38. The normalized spacial score (nSPS) is 12.6. The predicted octanol–water partition coefficient (Wildman–Crippen LogP) is 3.92. The molecular weight excluding hydrogens is 194 g/mol. The summed E-state index contributed by atoms with van der Waals surface area (Å²) in [5, 5.41) is 0. The highest BCUT2D eigenvalue weighted by molar-refractivity contribution is 5.22. The first kappa shape index (κ1) is 11.0. The molecule has 0 saturated heterocycles. The Bertz CT molecular complexity index is 428. The number of hydrogen-bond donors (Lipinski definition) is 1. The van der Waals surface area contributed by atoms with E-state index >= 15 is 0 Å². The van der Waals surface area contributed by atoms with Gasteiger partial charge in [0.05, 0.1) is 0 Å². The first-order valence-corrected chi connectivity index (χ1v) is 6.01. The molecule has 1 heteroatoms. The molecule has 1 atom stereocenters. The maximum Gasteiger partial charge on any atom is 0.0155 e. The van der Waals surface area contributed by atoms with Crippen LogP contribution >= 0.6 is 0 Å². The van der Waals surface area contributed by atoms with Gasteiger partial charge in [0.2, 0.25) is 0 Å². The van der Waals surface area contributed by atoms with E-state index in [0.717, 1.165) is 12.8 Å². The Morgan fingerprint density at radius 3 is 2.31 bits per heavy atom. The zero-order chi connectivity index (χ0) is 11.4. The van der Waals surface area contributed by atoms with Crippen molar-refractivity contribution < 1.29 is 0 Å². The van der Waals surface area contributed by atoms with E-state index in [4.69, 9.17) is 0 Å². The average Bonchev–Trinajstić information content (AvgIpc) is 2.78. The van der Waals surface area contributed by atoms with Crippen LogP contribution in [0.1, 0.15) is 36.7 Å². The molecule has 1 aromatic carbocycles. The molecule has 0 saturated carbocycles. The van der Waals surface area contributed by atoms with Crippen molar-refractivity contribution in [2.45, 2.75) is 32.6 Å². The van der Waals surface area contributed by atoms with Crippen LogP contribution in [0.3, 0.4) is 0 Å². The highest BCUT2D eigenvalue weighted by Crippen LogP contribution is 2.19. The molecule has 0 aliphatic heterocycles. The Morgan fingerprint density at radius 1 is 1.00 bits per heavy atom. The van der Waals surface area contributed by atoms with E-state index in [9.17, 15) is 0 Å². The summed E-state index contributed by atoms with van der Waals surface area (Å²) in [6.45, 7) is 4.46. The zero-order valence-electron chi connectivity index (χ0n) is 10.0. The third-order valence-electron chi connectivity index (χ3n) is 3.08. The predicted molar refractivity (Wildman–Crippen MR) is 68.7 cm³/mol. The fraction of sp³-hybridized carbons (Fsp3) is 0.333. The van der Waals surface area contributed by atoms with Crippen molar-refractivity contribution in [3.8, 4) is 0 Å². The minimum absolute atomic E-state index is 0.574. The highest BCUT2D eigenvalue weighted by atomic mass is 14.7. The summed E-state index contributed by atoms with van der Waals surface area (Å²) in [5.74, 6) is 0.574. The summed E-state index contributed by atoms with van der Waals surface area (Å²) in [5.41, 5.74) is 4.08. The molecule has 0 fully saturated rings. The molecule has 0 bridgehead atoms. The number of hydrogen-bond acceptors (Lipinski definition) is 0. The number of aryl methyl sites for hydroxylation is 1. The van der Waals surface area contributed by atoms with Crippen molar-refractivity contribution in [2.75, 3.05) is 0 Å². The average molecular weight is 213 g/mol. The standard InChI is InChI=1S/C15H19N/c1-3-14-9-10-15(16-14)11-12(2)13-7-5-4-6-8-13/h4-10,12,16H,3,11H2,1-2H3. The van der Waals surface area contributed by atoms with Crippen LogP contribution in [0.4, 0.5) is 0 Å². The molecule has 1 N–H and O–H groups in total. The van der Waals surface area contributed by atoms with E-state index in [0.29, 0.717) is 5.92 Å². The van der Waals surface area contributed by atoms with E-state index in [1.54, 1.807) is 0 Å². The topological polar surface area (TPSA) is 15.8 Å². The second kappa shape index (κ2) is 5.02. The first-order valence-electron chi connectivity index (χ1n) is 6.01. The molecule has 0 amide bonds. The van der Waals surface area contributed by atoms with Gasteiger partial charge < -0.3 is 4.98 Å². The SMILES string of the molecule is CCc1ccc(CC(C)c2ccccc2)[nH]1. The van der Waals surface area contributed by atoms with Gasteiger partial charge in [0, 0.05) is 11.4 Å².